The molecule has 0 amide bonds. The van der Waals surface area contributed by atoms with Crippen molar-refractivity contribution in [3.63, 3.8) is 0 Å². The van der Waals surface area contributed by atoms with E-state index in [1.165, 1.54) is 0 Å². The third-order valence-corrected chi connectivity index (χ3v) is 3.02. The van der Waals surface area contributed by atoms with Crippen LogP contribution < -0.4 is 5.32 Å². The van der Waals surface area contributed by atoms with Gasteiger partial charge in [-0.25, -0.2) is 9.78 Å². The van der Waals surface area contributed by atoms with Crippen LogP contribution in [-0.4, -0.2) is 32.2 Å². The van der Waals surface area contributed by atoms with Crippen molar-refractivity contribution in [2.75, 3.05) is 11.9 Å². The summed E-state index contributed by atoms with van der Waals surface area (Å²) >= 11 is 0. The SMILES string of the molecule is O=C(O)c1cn2c(n1)NCCC2c1ccccn1. The van der Waals surface area contributed by atoms with E-state index in [9.17, 15) is 4.79 Å². The minimum Gasteiger partial charge on any atom is -0.476 e. The lowest BCUT2D eigenvalue weighted by Crippen LogP contribution is -2.23. The average molecular weight is 244 g/mol. The van der Waals surface area contributed by atoms with Gasteiger partial charge >= 0.3 is 5.97 Å². The van der Waals surface area contributed by atoms with Crippen molar-refractivity contribution in [1.29, 1.82) is 0 Å². The Hall–Kier alpha value is -2.37. The second-order valence-corrected chi connectivity index (χ2v) is 4.15. The molecule has 6 nitrogen and oxygen atoms in total. The number of fused-ring (bicyclic) bond motifs is 1. The predicted molar refractivity (Wildman–Crippen MR) is 64.7 cm³/mol. The molecule has 0 radical (unpaired) electrons. The number of nitrogens with one attached hydrogen (secondary N) is 1. The standard InChI is InChI=1S/C12H12N4O2/c17-11(18)9-7-16-10(4-6-14-12(16)15-9)8-3-1-2-5-13-8/h1-3,5,7,10H,4,6H2,(H,14,15)(H,17,18). The highest BCUT2D eigenvalue weighted by molar-refractivity contribution is 5.85. The van der Waals surface area contributed by atoms with E-state index in [-0.39, 0.29) is 11.7 Å². The molecule has 1 atom stereocenters. The number of carboxylic acids is 1. The zero-order chi connectivity index (χ0) is 12.5. The number of pyridine rings is 1. The maximum atomic E-state index is 10.9. The maximum Gasteiger partial charge on any atom is 0.356 e. The fraction of sp³-hybridized carbons (Fsp3) is 0.250. The Morgan fingerprint density at radius 2 is 2.39 bits per heavy atom. The second-order valence-electron chi connectivity index (χ2n) is 4.15. The third-order valence-electron chi connectivity index (χ3n) is 3.02. The first kappa shape index (κ1) is 10.8. The molecule has 18 heavy (non-hydrogen) atoms. The fourth-order valence-electron chi connectivity index (χ4n) is 2.19. The summed E-state index contributed by atoms with van der Waals surface area (Å²) in [4.78, 5) is 19.3. The number of hydrogen-bond acceptors (Lipinski definition) is 4. The van der Waals surface area contributed by atoms with Crippen LogP contribution in [0.15, 0.2) is 30.6 Å². The van der Waals surface area contributed by atoms with Gasteiger partial charge in [0.15, 0.2) is 5.69 Å². The molecule has 0 aliphatic carbocycles. The maximum absolute atomic E-state index is 10.9. The van der Waals surface area contributed by atoms with Crippen molar-refractivity contribution in [2.24, 2.45) is 0 Å². The second kappa shape index (κ2) is 4.14. The number of carboxylic acid groups (broad SMARTS) is 1. The molecule has 1 aliphatic rings. The Morgan fingerprint density at radius 3 is 3.11 bits per heavy atom. The van der Waals surface area contributed by atoms with Crippen LogP contribution in [0.4, 0.5) is 5.95 Å². The van der Waals surface area contributed by atoms with Gasteiger partial charge in [-0.2, -0.15) is 0 Å². The number of aromatic carboxylic acids is 1. The van der Waals surface area contributed by atoms with Gasteiger partial charge in [0.05, 0.1) is 11.7 Å². The number of nitrogens with zero attached hydrogens (tertiary/aromatic N) is 3. The van der Waals surface area contributed by atoms with Crippen molar-refractivity contribution in [1.82, 2.24) is 14.5 Å². The molecule has 1 aliphatic heterocycles. The Labute approximate surface area is 103 Å². The largest absolute Gasteiger partial charge is 0.476 e. The van der Waals surface area contributed by atoms with Gasteiger partial charge in [-0.3, -0.25) is 4.98 Å². The van der Waals surface area contributed by atoms with E-state index in [1.807, 2.05) is 22.8 Å². The molecule has 0 fully saturated rings. The zero-order valence-electron chi connectivity index (χ0n) is 9.58. The molecule has 3 rings (SSSR count). The quantitative estimate of drug-likeness (QED) is 0.834. The van der Waals surface area contributed by atoms with Gasteiger partial charge in [0.1, 0.15) is 0 Å². The van der Waals surface area contributed by atoms with Crippen LogP contribution in [0, 0.1) is 0 Å². The summed E-state index contributed by atoms with van der Waals surface area (Å²) in [5.41, 5.74) is 0.981. The van der Waals surface area contributed by atoms with E-state index in [4.69, 9.17) is 5.11 Å². The predicted octanol–water partition coefficient (Wildman–Crippen LogP) is 1.38. The van der Waals surface area contributed by atoms with Crippen LogP contribution in [0.2, 0.25) is 0 Å². The highest BCUT2D eigenvalue weighted by atomic mass is 16.4. The molecule has 1 unspecified atom stereocenters. The highest BCUT2D eigenvalue weighted by Crippen LogP contribution is 2.28. The summed E-state index contributed by atoms with van der Waals surface area (Å²) in [6, 6.07) is 5.78. The van der Waals surface area contributed by atoms with Crippen molar-refractivity contribution in [3.8, 4) is 0 Å². The summed E-state index contributed by atoms with van der Waals surface area (Å²) in [5, 5.41) is 12.1. The van der Waals surface area contributed by atoms with Crippen LogP contribution in [0.1, 0.15) is 28.6 Å². The number of anilines is 1. The molecule has 0 saturated heterocycles. The van der Waals surface area contributed by atoms with Crippen molar-refractivity contribution < 1.29 is 9.90 Å². The van der Waals surface area contributed by atoms with E-state index in [0.717, 1.165) is 18.7 Å². The molecule has 2 aromatic rings. The number of rotatable bonds is 2. The van der Waals surface area contributed by atoms with E-state index < -0.39 is 5.97 Å². The van der Waals surface area contributed by atoms with Crippen LogP contribution in [-0.2, 0) is 0 Å². The van der Waals surface area contributed by atoms with Gasteiger partial charge in [0.25, 0.3) is 0 Å². The lowest BCUT2D eigenvalue weighted by Gasteiger charge is -2.25. The molecule has 0 bridgehead atoms. The molecular formula is C12H12N4O2. The lowest BCUT2D eigenvalue weighted by atomic mass is 10.1. The summed E-state index contributed by atoms with van der Waals surface area (Å²) < 4.78 is 1.84. The molecular weight excluding hydrogens is 232 g/mol. The van der Waals surface area contributed by atoms with Crippen LogP contribution >= 0.6 is 0 Å². The smallest absolute Gasteiger partial charge is 0.356 e. The van der Waals surface area contributed by atoms with Crippen LogP contribution in [0.3, 0.4) is 0 Å². The molecule has 0 aromatic carbocycles. The van der Waals surface area contributed by atoms with Gasteiger partial charge in [0.2, 0.25) is 5.95 Å². The van der Waals surface area contributed by atoms with E-state index in [0.29, 0.717) is 5.95 Å². The van der Waals surface area contributed by atoms with E-state index in [1.54, 1.807) is 12.4 Å². The van der Waals surface area contributed by atoms with Crippen LogP contribution in [0.5, 0.6) is 0 Å². The number of aromatic nitrogens is 3. The Bertz CT molecular complexity index is 579. The molecule has 0 saturated carbocycles. The molecule has 6 heteroatoms. The molecule has 0 spiro atoms. The minimum atomic E-state index is -1.02. The molecule has 3 heterocycles. The van der Waals surface area contributed by atoms with Gasteiger partial charge in [0, 0.05) is 18.9 Å². The Balaban J connectivity index is 2.04. The topological polar surface area (TPSA) is 80.0 Å². The highest BCUT2D eigenvalue weighted by Gasteiger charge is 2.25. The summed E-state index contributed by atoms with van der Waals surface area (Å²) in [6.45, 7) is 0.761. The average Bonchev–Trinajstić information content (AvgIpc) is 2.83. The normalized spacial score (nSPS) is 17.9. The summed E-state index contributed by atoms with van der Waals surface area (Å²) in [5.74, 6) is -0.423. The van der Waals surface area contributed by atoms with Crippen LogP contribution in [0.25, 0.3) is 0 Å². The molecule has 2 aromatic heterocycles. The first-order valence-corrected chi connectivity index (χ1v) is 5.72. The summed E-state index contributed by atoms with van der Waals surface area (Å²) in [6.07, 6.45) is 4.16. The van der Waals surface area contributed by atoms with Gasteiger partial charge in [-0.1, -0.05) is 6.07 Å². The first-order chi connectivity index (χ1) is 8.75. The summed E-state index contributed by atoms with van der Waals surface area (Å²) in [7, 11) is 0. The van der Waals surface area contributed by atoms with Gasteiger partial charge < -0.3 is 15.0 Å². The van der Waals surface area contributed by atoms with Gasteiger partial charge in [-0.15, -0.1) is 0 Å². The van der Waals surface area contributed by atoms with Crippen molar-refractivity contribution >= 4 is 11.9 Å². The third kappa shape index (κ3) is 1.71. The monoisotopic (exact) mass is 244 g/mol. The van der Waals surface area contributed by atoms with Gasteiger partial charge in [-0.05, 0) is 18.6 Å². The Morgan fingerprint density at radius 1 is 1.50 bits per heavy atom. The lowest BCUT2D eigenvalue weighted by molar-refractivity contribution is 0.0691. The molecule has 92 valence electrons. The number of imidazole rings is 1. The van der Waals surface area contributed by atoms with Crippen molar-refractivity contribution in [3.05, 3.63) is 42.0 Å². The Kier molecular flexibility index (Phi) is 2.47. The minimum absolute atomic E-state index is 0.0445. The zero-order valence-corrected chi connectivity index (χ0v) is 9.58. The van der Waals surface area contributed by atoms with E-state index >= 15 is 0 Å². The fourth-order valence-corrected chi connectivity index (χ4v) is 2.19. The number of hydrogen-bond donors (Lipinski definition) is 2. The molecule has 2 N–H and O–H groups in total. The van der Waals surface area contributed by atoms with E-state index in [2.05, 4.69) is 15.3 Å². The first-order valence-electron chi connectivity index (χ1n) is 5.72. The van der Waals surface area contributed by atoms with Crippen molar-refractivity contribution in [2.45, 2.75) is 12.5 Å². The number of carbonyl (C=O) groups is 1.